The van der Waals surface area contributed by atoms with E-state index in [1.807, 2.05) is 24.3 Å². The minimum absolute atomic E-state index is 0.507. The number of nitrogens with zero attached hydrogens (tertiary/aromatic N) is 2. The van der Waals surface area contributed by atoms with Crippen LogP contribution in [0.25, 0.3) is 11.4 Å². The molecule has 0 aliphatic heterocycles. The van der Waals surface area contributed by atoms with Gasteiger partial charge in [-0.15, -0.1) is 0 Å². The molecule has 0 saturated heterocycles. The van der Waals surface area contributed by atoms with Gasteiger partial charge in [0.2, 0.25) is 11.7 Å². The van der Waals surface area contributed by atoms with Gasteiger partial charge in [-0.2, -0.15) is 4.98 Å². The highest BCUT2D eigenvalue weighted by Gasteiger charge is 2.08. The monoisotopic (exact) mass is 275 g/mol. The molecule has 20 heavy (non-hydrogen) atoms. The maximum absolute atomic E-state index is 5.26. The molecule has 0 atom stereocenters. The Balaban J connectivity index is 1.90. The molecule has 0 amide bonds. The third-order valence-electron chi connectivity index (χ3n) is 2.94. The van der Waals surface area contributed by atoms with Crippen molar-refractivity contribution in [1.29, 1.82) is 0 Å². The average Bonchev–Trinajstić information content (AvgIpc) is 2.92. The van der Waals surface area contributed by atoms with Crippen molar-refractivity contribution in [3.63, 3.8) is 0 Å². The molecule has 0 bridgehead atoms. The molecular weight excluding hydrogens is 254 g/mol. The summed E-state index contributed by atoms with van der Waals surface area (Å²) >= 11 is 0. The number of rotatable bonds is 7. The number of nitrogens with one attached hydrogen (secondary N) is 1. The highest BCUT2D eigenvalue weighted by molar-refractivity contribution is 5.55. The lowest BCUT2D eigenvalue weighted by atomic mass is 10.2. The van der Waals surface area contributed by atoms with Gasteiger partial charge in [-0.25, -0.2) is 0 Å². The Hall–Kier alpha value is -1.88. The topological polar surface area (TPSA) is 60.2 Å². The zero-order valence-electron chi connectivity index (χ0n) is 12.2. The van der Waals surface area contributed by atoms with E-state index in [-0.39, 0.29) is 0 Å². The molecule has 0 aliphatic rings. The second kappa shape index (κ2) is 7.05. The summed E-state index contributed by atoms with van der Waals surface area (Å²) in [7, 11) is 1.65. The first-order valence-corrected chi connectivity index (χ1v) is 6.89. The van der Waals surface area contributed by atoms with Gasteiger partial charge in [0.15, 0.2) is 0 Å². The van der Waals surface area contributed by atoms with Gasteiger partial charge in [-0.3, -0.25) is 0 Å². The number of methoxy groups -OCH3 is 1. The molecule has 0 unspecified atom stereocenters. The first kappa shape index (κ1) is 14.5. The molecule has 5 heteroatoms. The predicted molar refractivity (Wildman–Crippen MR) is 77.7 cm³/mol. The van der Waals surface area contributed by atoms with E-state index in [4.69, 9.17) is 9.26 Å². The fraction of sp³-hybridized carbons (Fsp3) is 0.467. The smallest absolute Gasteiger partial charge is 0.227 e. The summed E-state index contributed by atoms with van der Waals surface area (Å²) in [5, 5.41) is 7.37. The van der Waals surface area contributed by atoms with Crippen molar-refractivity contribution >= 4 is 0 Å². The Bertz CT molecular complexity index is 520. The van der Waals surface area contributed by atoms with Gasteiger partial charge in [-0.05, 0) is 37.2 Å². The van der Waals surface area contributed by atoms with E-state index in [0.717, 1.165) is 30.7 Å². The molecule has 0 saturated carbocycles. The quantitative estimate of drug-likeness (QED) is 0.787. The number of hydrogen-bond acceptors (Lipinski definition) is 5. The van der Waals surface area contributed by atoms with E-state index in [2.05, 4.69) is 29.3 Å². The Kier molecular flexibility index (Phi) is 5.12. The molecule has 0 spiro atoms. The molecule has 1 aromatic carbocycles. The zero-order valence-corrected chi connectivity index (χ0v) is 12.2. The Morgan fingerprint density at radius 2 is 2.00 bits per heavy atom. The van der Waals surface area contributed by atoms with Crippen molar-refractivity contribution in [1.82, 2.24) is 15.5 Å². The van der Waals surface area contributed by atoms with Crippen LogP contribution in [0.3, 0.4) is 0 Å². The molecule has 2 aromatic rings. The number of ether oxygens (including phenoxy) is 1. The zero-order chi connectivity index (χ0) is 14.4. The van der Waals surface area contributed by atoms with Crippen LogP contribution < -0.4 is 10.1 Å². The van der Waals surface area contributed by atoms with E-state index in [1.165, 1.54) is 0 Å². The normalized spacial score (nSPS) is 11.0. The summed E-state index contributed by atoms with van der Waals surface area (Å²) in [6.45, 7) is 5.22. The molecule has 0 fully saturated rings. The molecule has 1 N–H and O–H groups in total. The van der Waals surface area contributed by atoms with Crippen LogP contribution >= 0.6 is 0 Å². The highest BCUT2D eigenvalue weighted by Crippen LogP contribution is 2.19. The van der Waals surface area contributed by atoms with Gasteiger partial charge < -0.3 is 14.6 Å². The van der Waals surface area contributed by atoms with Gasteiger partial charge >= 0.3 is 0 Å². The van der Waals surface area contributed by atoms with Gasteiger partial charge in [0, 0.05) is 18.0 Å². The maximum Gasteiger partial charge on any atom is 0.227 e. The standard InChI is InChI=1S/C15H21N3O2/c1-11(2)16-10-4-5-14-17-15(18-20-14)12-6-8-13(19-3)9-7-12/h6-9,11,16H,4-5,10H2,1-3H3. The van der Waals surface area contributed by atoms with Crippen LogP contribution in [0.1, 0.15) is 26.2 Å². The summed E-state index contributed by atoms with van der Waals surface area (Å²) in [5.41, 5.74) is 0.932. The molecule has 0 radical (unpaired) electrons. The van der Waals surface area contributed by atoms with Gasteiger partial charge in [0.1, 0.15) is 5.75 Å². The Morgan fingerprint density at radius 1 is 1.25 bits per heavy atom. The summed E-state index contributed by atoms with van der Waals surface area (Å²) in [6, 6.07) is 8.13. The summed E-state index contributed by atoms with van der Waals surface area (Å²) in [6.07, 6.45) is 1.78. The second-order valence-corrected chi connectivity index (χ2v) is 4.95. The van der Waals surface area contributed by atoms with E-state index in [1.54, 1.807) is 7.11 Å². The van der Waals surface area contributed by atoms with Crippen LogP contribution in [-0.2, 0) is 6.42 Å². The predicted octanol–water partition coefficient (Wildman–Crippen LogP) is 2.68. The fourth-order valence-corrected chi connectivity index (χ4v) is 1.84. The van der Waals surface area contributed by atoms with E-state index in [0.29, 0.717) is 17.8 Å². The lowest BCUT2D eigenvalue weighted by molar-refractivity contribution is 0.374. The summed E-state index contributed by atoms with van der Waals surface area (Å²) in [5.74, 6) is 2.12. The summed E-state index contributed by atoms with van der Waals surface area (Å²) < 4.78 is 10.4. The Labute approximate surface area is 119 Å². The van der Waals surface area contributed by atoms with Gasteiger partial charge in [-0.1, -0.05) is 19.0 Å². The Morgan fingerprint density at radius 3 is 2.65 bits per heavy atom. The number of aromatic nitrogens is 2. The van der Waals surface area contributed by atoms with Gasteiger partial charge in [0.05, 0.1) is 7.11 Å². The second-order valence-electron chi connectivity index (χ2n) is 4.95. The lowest BCUT2D eigenvalue weighted by Crippen LogP contribution is -2.23. The molecule has 1 heterocycles. The number of hydrogen-bond donors (Lipinski definition) is 1. The van der Waals surface area contributed by atoms with Crippen LogP contribution in [0.15, 0.2) is 28.8 Å². The lowest BCUT2D eigenvalue weighted by Gasteiger charge is -2.05. The number of benzene rings is 1. The van der Waals surface area contributed by atoms with E-state index < -0.39 is 0 Å². The van der Waals surface area contributed by atoms with Crippen LogP contribution in [-0.4, -0.2) is 29.8 Å². The first-order chi connectivity index (χ1) is 9.69. The molecule has 108 valence electrons. The van der Waals surface area contributed by atoms with Crippen LogP contribution in [0.4, 0.5) is 0 Å². The van der Waals surface area contributed by atoms with Crippen molar-refractivity contribution in [2.24, 2.45) is 0 Å². The number of aryl methyl sites for hydroxylation is 1. The average molecular weight is 275 g/mol. The van der Waals surface area contributed by atoms with Crippen LogP contribution in [0, 0.1) is 0 Å². The molecule has 1 aromatic heterocycles. The summed E-state index contributed by atoms with van der Waals surface area (Å²) in [4.78, 5) is 4.41. The van der Waals surface area contributed by atoms with Gasteiger partial charge in [0.25, 0.3) is 0 Å². The minimum atomic E-state index is 0.507. The largest absolute Gasteiger partial charge is 0.497 e. The molecular formula is C15H21N3O2. The third-order valence-corrected chi connectivity index (χ3v) is 2.94. The SMILES string of the molecule is COc1ccc(-c2noc(CCCNC(C)C)n2)cc1. The highest BCUT2D eigenvalue weighted by atomic mass is 16.5. The van der Waals surface area contributed by atoms with Crippen molar-refractivity contribution in [3.05, 3.63) is 30.2 Å². The molecule has 5 nitrogen and oxygen atoms in total. The van der Waals surface area contributed by atoms with Crippen molar-refractivity contribution in [3.8, 4) is 17.1 Å². The van der Waals surface area contributed by atoms with E-state index >= 15 is 0 Å². The van der Waals surface area contributed by atoms with E-state index in [9.17, 15) is 0 Å². The first-order valence-electron chi connectivity index (χ1n) is 6.89. The van der Waals surface area contributed by atoms with Crippen molar-refractivity contribution < 1.29 is 9.26 Å². The third kappa shape index (κ3) is 4.06. The molecule has 2 rings (SSSR count). The van der Waals surface area contributed by atoms with Crippen LogP contribution in [0.2, 0.25) is 0 Å². The van der Waals surface area contributed by atoms with Crippen molar-refractivity contribution in [2.75, 3.05) is 13.7 Å². The molecule has 0 aliphatic carbocycles. The maximum atomic E-state index is 5.26. The van der Waals surface area contributed by atoms with Crippen molar-refractivity contribution in [2.45, 2.75) is 32.7 Å². The minimum Gasteiger partial charge on any atom is -0.497 e. The fourth-order valence-electron chi connectivity index (χ4n) is 1.84. The van der Waals surface area contributed by atoms with Crippen LogP contribution in [0.5, 0.6) is 5.75 Å².